The summed E-state index contributed by atoms with van der Waals surface area (Å²) in [5.41, 5.74) is 9.61. The molecule has 0 saturated carbocycles. The summed E-state index contributed by atoms with van der Waals surface area (Å²) in [6.07, 6.45) is 0.245. The van der Waals surface area contributed by atoms with E-state index in [4.69, 9.17) is 5.73 Å². The largest absolute Gasteiger partial charge is 0.369 e. The van der Waals surface area contributed by atoms with Crippen molar-refractivity contribution < 1.29 is 9.59 Å². The molecule has 2 aromatic carbocycles. The van der Waals surface area contributed by atoms with Gasteiger partial charge in [0.15, 0.2) is 0 Å². The van der Waals surface area contributed by atoms with Crippen LogP contribution in [0.25, 0.3) is 0 Å². The molecule has 3 N–H and O–H groups in total. The molecular weight excluding hydrogens is 364 g/mol. The van der Waals surface area contributed by atoms with Gasteiger partial charge in [-0.05, 0) is 62.2 Å². The van der Waals surface area contributed by atoms with E-state index in [0.717, 1.165) is 48.7 Å². The van der Waals surface area contributed by atoms with Crippen LogP contribution in [0.15, 0.2) is 42.5 Å². The number of nitrogens with two attached hydrogens (primary N) is 1. The first-order valence-electron chi connectivity index (χ1n) is 10.1. The van der Waals surface area contributed by atoms with Crippen molar-refractivity contribution in [2.45, 2.75) is 33.2 Å². The Morgan fingerprint density at radius 2 is 1.69 bits per heavy atom. The van der Waals surface area contributed by atoms with E-state index in [1.807, 2.05) is 19.1 Å². The van der Waals surface area contributed by atoms with Crippen LogP contribution in [0.2, 0.25) is 0 Å². The van der Waals surface area contributed by atoms with Crippen LogP contribution in [0.1, 0.15) is 35.3 Å². The summed E-state index contributed by atoms with van der Waals surface area (Å²) in [7, 11) is 0. The number of benzene rings is 2. The van der Waals surface area contributed by atoms with Crippen LogP contribution < -0.4 is 16.0 Å². The second kappa shape index (κ2) is 9.09. The maximum Gasteiger partial charge on any atom is 0.248 e. The molecule has 1 heterocycles. The van der Waals surface area contributed by atoms with Gasteiger partial charge in [-0.15, -0.1) is 0 Å². The quantitative estimate of drug-likeness (QED) is 0.790. The topological polar surface area (TPSA) is 78.7 Å². The van der Waals surface area contributed by atoms with Crippen molar-refractivity contribution in [1.29, 1.82) is 0 Å². The van der Waals surface area contributed by atoms with Gasteiger partial charge in [0.05, 0.1) is 6.42 Å². The second-order valence-electron chi connectivity index (χ2n) is 7.96. The number of primary amides is 1. The number of hydrogen-bond donors (Lipinski definition) is 2. The highest BCUT2D eigenvalue weighted by Gasteiger charge is 2.19. The van der Waals surface area contributed by atoms with Crippen molar-refractivity contribution in [2.75, 3.05) is 36.4 Å². The molecule has 3 rings (SSSR count). The fraction of sp³-hybridized carbons (Fsp3) is 0.391. The molecule has 2 aromatic rings. The maximum absolute atomic E-state index is 12.5. The number of nitrogens with one attached hydrogen (secondary N) is 1. The van der Waals surface area contributed by atoms with Gasteiger partial charge in [0.2, 0.25) is 11.8 Å². The van der Waals surface area contributed by atoms with Crippen LogP contribution in [-0.4, -0.2) is 48.9 Å². The van der Waals surface area contributed by atoms with Gasteiger partial charge in [0, 0.05) is 49.2 Å². The van der Waals surface area contributed by atoms with Crippen molar-refractivity contribution in [3.8, 4) is 0 Å². The minimum absolute atomic E-state index is 0.0852. The van der Waals surface area contributed by atoms with Crippen molar-refractivity contribution in [2.24, 2.45) is 5.73 Å². The van der Waals surface area contributed by atoms with Crippen LogP contribution in [0.4, 0.5) is 11.4 Å². The summed E-state index contributed by atoms with van der Waals surface area (Å²) in [6, 6.07) is 13.6. The van der Waals surface area contributed by atoms with Gasteiger partial charge in [-0.1, -0.05) is 12.1 Å². The average molecular weight is 395 g/mol. The minimum atomic E-state index is -0.470. The lowest BCUT2D eigenvalue weighted by Gasteiger charge is -2.38. The van der Waals surface area contributed by atoms with Gasteiger partial charge >= 0.3 is 0 Å². The lowest BCUT2D eigenvalue weighted by atomic mass is 10.1. The van der Waals surface area contributed by atoms with E-state index in [1.165, 1.54) is 0 Å². The molecule has 1 fully saturated rings. The Labute approximate surface area is 172 Å². The van der Waals surface area contributed by atoms with E-state index >= 15 is 0 Å². The molecule has 6 heteroatoms. The number of carbonyl (C=O) groups is 2. The molecule has 29 heavy (non-hydrogen) atoms. The molecule has 0 bridgehead atoms. The number of nitrogens with zero attached hydrogens (tertiary/aromatic N) is 2. The van der Waals surface area contributed by atoms with Gasteiger partial charge in [-0.3, -0.25) is 14.5 Å². The second-order valence-corrected chi connectivity index (χ2v) is 7.96. The Morgan fingerprint density at radius 1 is 1.03 bits per heavy atom. The predicted molar refractivity (Wildman–Crippen MR) is 117 cm³/mol. The van der Waals surface area contributed by atoms with Crippen molar-refractivity contribution in [3.05, 3.63) is 59.2 Å². The molecule has 0 radical (unpaired) electrons. The summed E-state index contributed by atoms with van der Waals surface area (Å²) in [5, 5.41) is 3.01. The highest BCUT2D eigenvalue weighted by Crippen LogP contribution is 2.24. The molecule has 6 nitrogen and oxygen atoms in total. The Kier molecular flexibility index (Phi) is 6.54. The number of aryl methyl sites for hydroxylation is 1. The molecule has 1 aliphatic heterocycles. The number of rotatable bonds is 6. The summed E-state index contributed by atoms with van der Waals surface area (Å²) in [6.45, 7) is 10.6. The van der Waals surface area contributed by atoms with Crippen molar-refractivity contribution >= 4 is 23.2 Å². The zero-order valence-electron chi connectivity index (χ0n) is 17.4. The van der Waals surface area contributed by atoms with Gasteiger partial charge in [-0.25, -0.2) is 0 Å². The van der Waals surface area contributed by atoms with E-state index in [9.17, 15) is 9.59 Å². The van der Waals surface area contributed by atoms with Crippen LogP contribution >= 0.6 is 0 Å². The number of carbonyl (C=O) groups excluding carboxylic acids is 2. The van der Waals surface area contributed by atoms with Gasteiger partial charge < -0.3 is 16.0 Å². The minimum Gasteiger partial charge on any atom is -0.369 e. The normalized spacial score (nSPS) is 14.8. The Hall–Kier alpha value is -2.86. The first-order valence-corrected chi connectivity index (χ1v) is 10.1. The van der Waals surface area contributed by atoms with Crippen molar-refractivity contribution in [3.63, 3.8) is 0 Å². The SMILES string of the molecule is Cc1cc(NC(=O)Cc2ccc(C(N)=O)cc2)cc(N2CCN(C(C)C)CC2)c1. The number of piperazine rings is 1. The summed E-state index contributed by atoms with van der Waals surface area (Å²) >= 11 is 0. The Bertz CT molecular complexity index is 869. The van der Waals surface area contributed by atoms with Crippen LogP contribution in [0.5, 0.6) is 0 Å². The molecule has 1 aliphatic rings. The summed E-state index contributed by atoms with van der Waals surface area (Å²) in [5.74, 6) is -0.555. The van der Waals surface area contributed by atoms with Crippen LogP contribution in [0.3, 0.4) is 0 Å². The predicted octanol–water partition coefficient (Wildman–Crippen LogP) is 2.81. The third-order valence-corrected chi connectivity index (χ3v) is 5.36. The van der Waals surface area contributed by atoms with E-state index in [2.05, 4.69) is 35.0 Å². The zero-order valence-corrected chi connectivity index (χ0v) is 17.4. The molecular formula is C23H30N4O2. The molecule has 0 aliphatic carbocycles. The van der Waals surface area contributed by atoms with E-state index in [-0.39, 0.29) is 12.3 Å². The fourth-order valence-corrected chi connectivity index (χ4v) is 3.69. The Balaban J connectivity index is 1.63. The van der Waals surface area contributed by atoms with Gasteiger partial charge in [0.25, 0.3) is 0 Å². The molecule has 0 aromatic heterocycles. The highest BCUT2D eigenvalue weighted by molar-refractivity contribution is 5.94. The van der Waals surface area contributed by atoms with E-state index in [0.29, 0.717) is 11.6 Å². The molecule has 0 unspecified atom stereocenters. The number of hydrogen-bond acceptors (Lipinski definition) is 4. The first kappa shape index (κ1) is 20.9. The standard InChI is InChI=1S/C23H30N4O2/c1-16(2)26-8-10-27(11-9-26)21-13-17(3)12-20(15-21)25-22(28)14-18-4-6-19(7-5-18)23(24)29/h4-7,12-13,15-16H,8-11,14H2,1-3H3,(H2,24,29)(H,25,28). The van der Waals surface area contributed by atoms with E-state index in [1.54, 1.807) is 24.3 Å². The van der Waals surface area contributed by atoms with E-state index < -0.39 is 5.91 Å². The van der Waals surface area contributed by atoms with Crippen LogP contribution in [0, 0.1) is 6.92 Å². The molecule has 1 saturated heterocycles. The average Bonchev–Trinajstić information content (AvgIpc) is 2.68. The monoisotopic (exact) mass is 394 g/mol. The van der Waals surface area contributed by atoms with Crippen molar-refractivity contribution in [1.82, 2.24) is 4.90 Å². The fourth-order valence-electron chi connectivity index (χ4n) is 3.69. The zero-order chi connectivity index (χ0) is 21.0. The van der Waals surface area contributed by atoms with Gasteiger partial charge in [-0.2, -0.15) is 0 Å². The third-order valence-electron chi connectivity index (χ3n) is 5.36. The first-order chi connectivity index (χ1) is 13.8. The molecule has 0 spiro atoms. The van der Waals surface area contributed by atoms with Crippen LogP contribution in [-0.2, 0) is 11.2 Å². The number of amides is 2. The summed E-state index contributed by atoms with van der Waals surface area (Å²) in [4.78, 5) is 28.5. The molecule has 0 atom stereocenters. The number of anilines is 2. The highest BCUT2D eigenvalue weighted by atomic mass is 16.1. The lowest BCUT2D eigenvalue weighted by Crippen LogP contribution is -2.48. The van der Waals surface area contributed by atoms with Gasteiger partial charge in [0.1, 0.15) is 0 Å². The third kappa shape index (κ3) is 5.57. The Morgan fingerprint density at radius 3 is 2.28 bits per heavy atom. The molecule has 154 valence electrons. The molecule has 2 amide bonds. The summed E-state index contributed by atoms with van der Waals surface area (Å²) < 4.78 is 0. The lowest BCUT2D eigenvalue weighted by molar-refractivity contribution is -0.115. The smallest absolute Gasteiger partial charge is 0.248 e. The maximum atomic E-state index is 12.5.